The van der Waals surface area contributed by atoms with Crippen LogP contribution in [0.25, 0.3) is 0 Å². The van der Waals surface area contributed by atoms with Crippen LogP contribution in [0.1, 0.15) is 69.0 Å². The Morgan fingerprint density at radius 2 is 1.84 bits per heavy atom. The third-order valence-electron chi connectivity index (χ3n) is 5.23. The summed E-state index contributed by atoms with van der Waals surface area (Å²) in [4.78, 5) is 0. The monoisotopic (exact) mass is 257 g/mol. The minimum Gasteiger partial charge on any atom is -0.307 e. The van der Waals surface area contributed by atoms with Gasteiger partial charge < -0.3 is 5.32 Å². The fourth-order valence-electron chi connectivity index (χ4n) is 3.95. The molecule has 1 aromatic carbocycles. The fraction of sp³-hybridized carbons (Fsp3) is 0.667. The minimum atomic E-state index is 0.619. The molecule has 0 aliphatic heterocycles. The molecule has 2 aliphatic rings. The zero-order valence-corrected chi connectivity index (χ0v) is 12.2. The molecule has 3 rings (SSSR count). The van der Waals surface area contributed by atoms with Crippen molar-refractivity contribution in [2.75, 3.05) is 0 Å². The van der Waals surface area contributed by atoms with Crippen molar-refractivity contribution in [3.8, 4) is 0 Å². The Morgan fingerprint density at radius 1 is 1.05 bits per heavy atom. The highest BCUT2D eigenvalue weighted by molar-refractivity contribution is 5.32. The molecule has 0 bridgehead atoms. The maximum atomic E-state index is 3.96. The molecule has 104 valence electrons. The number of benzene rings is 1. The van der Waals surface area contributed by atoms with E-state index < -0.39 is 0 Å². The molecular formula is C18H27N. The Balaban J connectivity index is 1.62. The van der Waals surface area contributed by atoms with E-state index in [0.29, 0.717) is 6.04 Å². The fourth-order valence-corrected chi connectivity index (χ4v) is 3.95. The third kappa shape index (κ3) is 3.02. The van der Waals surface area contributed by atoms with Crippen LogP contribution < -0.4 is 5.32 Å². The van der Waals surface area contributed by atoms with Crippen molar-refractivity contribution in [3.63, 3.8) is 0 Å². The van der Waals surface area contributed by atoms with Crippen LogP contribution in [0.3, 0.4) is 0 Å². The van der Waals surface area contributed by atoms with E-state index in [0.717, 1.165) is 12.0 Å². The average Bonchev–Trinajstić information content (AvgIpc) is 2.48. The quantitative estimate of drug-likeness (QED) is 0.833. The highest BCUT2D eigenvalue weighted by atomic mass is 15.0. The van der Waals surface area contributed by atoms with Crippen LogP contribution >= 0.6 is 0 Å². The van der Waals surface area contributed by atoms with Crippen LogP contribution in [-0.4, -0.2) is 6.04 Å². The van der Waals surface area contributed by atoms with E-state index in [1.807, 2.05) is 0 Å². The van der Waals surface area contributed by atoms with E-state index in [1.165, 1.54) is 51.4 Å². The van der Waals surface area contributed by atoms with Gasteiger partial charge in [-0.1, -0.05) is 37.6 Å². The molecule has 2 aliphatic carbocycles. The Kier molecular flexibility index (Phi) is 4.22. The lowest BCUT2D eigenvalue weighted by Gasteiger charge is -2.34. The first-order chi connectivity index (χ1) is 9.36. The van der Waals surface area contributed by atoms with Gasteiger partial charge in [-0.25, -0.2) is 0 Å². The lowest BCUT2D eigenvalue weighted by atomic mass is 9.82. The predicted molar refractivity (Wildman–Crippen MR) is 81.3 cm³/mol. The van der Waals surface area contributed by atoms with Crippen molar-refractivity contribution < 1.29 is 0 Å². The summed E-state index contributed by atoms with van der Waals surface area (Å²) in [5.41, 5.74) is 3.15. The van der Waals surface area contributed by atoms with Gasteiger partial charge in [0.15, 0.2) is 0 Å². The first-order valence-electron chi connectivity index (χ1n) is 8.20. The molecule has 0 radical (unpaired) electrons. The molecule has 1 aromatic rings. The molecule has 1 unspecified atom stereocenters. The maximum Gasteiger partial charge on any atom is 0.0325 e. The SMILES string of the molecule is CCC1CCC(NC2CCCc3ccccc32)CC1. The zero-order valence-electron chi connectivity index (χ0n) is 12.2. The van der Waals surface area contributed by atoms with E-state index in [4.69, 9.17) is 0 Å². The molecule has 0 heterocycles. The molecule has 1 N–H and O–H groups in total. The molecule has 1 atom stereocenters. The number of nitrogens with one attached hydrogen (secondary N) is 1. The number of rotatable bonds is 3. The van der Waals surface area contributed by atoms with Crippen molar-refractivity contribution in [1.82, 2.24) is 5.32 Å². The van der Waals surface area contributed by atoms with E-state index in [9.17, 15) is 0 Å². The van der Waals surface area contributed by atoms with Crippen LogP contribution in [0.15, 0.2) is 24.3 Å². The second-order valence-electron chi connectivity index (χ2n) is 6.44. The zero-order chi connectivity index (χ0) is 13.1. The van der Waals surface area contributed by atoms with Crippen molar-refractivity contribution >= 4 is 0 Å². The molecule has 19 heavy (non-hydrogen) atoms. The third-order valence-corrected chi connectivity index (χ3v) is 5.23. The summed E-state index contributed by atoms with van der Waals surface area (Å²) in [7, 11) is 0. The summed E-state index contributed by atoms with van der Waals surface area (Å²) >= 11 is 0. The Bertz CT molecular complexity index is 404. The Morgan fingerprint density at radius 3 is 2.63 bits per heavy atom. The molecule has 0 amide bonds. The molecule has 1 saturated carbocycles. The van der Waals surface area contributed by atoms with Gasteiger partial charge in [0.2, 0.25) is 0 Å². The van der Waals surface area contributed by atoms with Gasteiger partial charge in [0.25, 0.3) is 0 Å². The van der Waals surface area contributed by atoms with Gasteiger partial charge in [0.1, 0.15) is 0 Å². The van der Waals surface area contributed by atoms with Crippen LogP contribution in [0, 0.1) is 5.92 Å². The van der Waals surface area contributed by atoms with Crippen LogP contribution in [0.2, 0.25) is 0 Å². The van der Waals surface area contributed by atoms with E-state index in [2.05, 4.69) is 36.5 Å². The lowest BCUT2D eigenvalue weighted by Crippen LogP contribution is -2.37. The molecule has 1 nitrogen and oxygen atoms in total. The second-order valence-corrected chi connectivity index (χ2v) is 6.44. The molecular weight excluding hydrogens is 230 g/mol. The summed E-state index contributed by atoms with van der Waals surface area (Å²) in [5.74, 6) is 0.997. The van der Waals surface area contributed by atoms with Gasteiger partial charge in [0.05, 0.1) is 0 Å². The highest BCUT2D eigenvalue weighted by Gasteiger charge is 2.25. The summed E-state index contributed by atoms with van der Waals surface area (Å²) in [5, 5.41) is 3.96. The number of aryl methyl sites for hydroxylation is 1. The second kappa shape index (κ2) is 6.09. The summed E-state index contributed by atoms with van der Waals surface area (Å²) in [6.45, 7) is 2.34. The summed E-state index contributed by atoms with van der Waals surface area (Å²) in [6, 6.07) is 10.4. The smallest absolute Gasteiger partial charge is 0.0325 e. The lowest BCUT2D eigenvalue weighted by molar-refractivity contribution is 0.262. The van der Waals surface area contributed by atoms with Gasteiger partial charge in [-0.15, -0.1) is 0 Å². The van der Waals surface area contributed by atoms with Crippen molar-refractivity contribution in [3.05, 3.63) is 35.4 Å². The van der Waals surface area contributed by atoms with Gasteiger partial charge in [0, 0.05) is 12.1 Å². The van der Waals surface area contributed by atoms with Crippen molar-refractivity contribution in [2.24, 2.45) is 5.92 Å². The normalized spacial score (nSPS) is 30.9. The standard InChI is InChI=1S/C18H27N/c1-2-14-10-12-16(13-11-14)19-18-9-5-7-15-6-3-4-8-17(15)18/h3-4,6,8,14,16,18-19H,2,5,7,9-13H2,1H3. The molecule has 0 spiro atoms. The first-order valence-corrected chi connectivity index (χ1v) is 8.20. The Hall–Kier alpha value is -0.820. The number of fused-ring (bicyclic) bond motifs is 1. The van der Waals surface area contributed by atoms with Gasteiger partial charge in [-0.3, -0.25) is 0 Å². The minimum absolute atomic E-state index is 0.619. The Labute approximate surface area is 117 Å². The van der Waals surface area contributed by atoms with E-state index in [-0.39, 0.29) is 0 Å². The van der Waals surface area contributed by atoms with Crippen molar-refractivity contribution in [2.45, 2.75) is 70.4 Å². The number of hydrogen-bond acceptors (Lipinski definition) is 1. The van der Waals surface area contributed by atoms with Crippen molar-refractivity contribution in [1.29, 1.82) is 0 Å². The first kappa shape index (κ1) is 13.2. The van der Waals surface area contributed by atoms with Gasteiger partial charge in [-0.2, -0.15) is 0 Å². The van der Waals surface area contributed by atoms with Gasteiger partial charge in [-0.05, 0) is 62.0 Å². The highest BCUT2D eigenvalue weighted by Crippen LogP contribution is 2.33. The van der Waals surface area contributed by atoms with Crippen LogP contribution in [0.5, 0.6) is 0 Å². The molecule has 0 saturated heterocycles. The maximum absolute atomic E-state index is 3.96. The van der Waals surface area contributed by atoms with Crippen LogP contribution in [-0.2, 0) is 6.42 Å². The topological polar surface area (TPSA) is 12.0 Å². The molecule has 0 aromatic heterocycles. The molecule has 1 heteroatoms. The summed E-state index contributed by atoms with van der Waals surface area (Å²) in [6.07, 6.45) is 11.0. The summed E-state index contributed by atoms with van der Waals surface area (Å²) < 4.78 is 0. The number of hydrogen-bond donors (Lipinski definition) is 1. The van der Waals surface area contributed by atoms with Crippen LogP contribution in [0.4, 0.5) is 0 Å². The van der Waals surface area contributed by atoms with Gasteiger partial charge >= 0.3 is 0 Å². The predicted octanol–water partition coefficient (Wildman–Crippen LogP) is 4.62. The average molecular weight is 257 g/mol. The van der Waals surface area contributed by atoms with E-state index >= 15 is 0 Å². The molecule has 1 fully saturated rings. The van der Waals surface area contributed by atoms with E-state index in [1.54, 1.807) is 11.1 Å². The largest absolute Gasteiger partial charge is 0.307 e.